The van der Waals surface area contributed by atoms with Crippen molar-refractivity contribution in [3.63, 3.8) is 0 Å². The maximum absolute atomic E-state index is 2.45. The number of hydrogen-bond acceptors (Lipinski definition) is 0. The lowest BCUT2D eigenvalue weighted by Gasteiger charge is -2.36. The zero-order valence-electron chi connectivity index (χ0n) is 90.3. The number of benzene rings is 17. The third-order valence-electron chi connectivity index (χ3n) is 39.2. The van der Waals surface area contributed by atoms with Crippen LogP contribution in [0.15, 0.2) is 370 Å². The van der Waals surface area contributed by atoms with Crippen LogP contribution in [-0.2, 0) is 37.9 Å². The summed E-state index contributed by atoms with van der Waals surface area (Å²) in [5.41, 5.74) is 60.6. The number of aromatic nitrogens is 1. The van der Waals surface area contributed by atoms with E-state index >= 15 is 0 Å². The highest BCUT2D eigenvalue weighted by atomic mass is 15.0. The Kier molecular flexibility index (Phi) is 26.0. The normalized spacial score (nSPS) is 18.1. The highest BCUT2D eigenvalue weighted by Gasteiger charge is 2.52. The Labute approximate surface area is 894 Å². The monoisotopic (exact) mass is 1950 g/mol. The molecule has 0 N–H and O–H groups in total. The predicted octanol–water partition coefficient (Wildman–Crippen LogP) is 40.5. The molecule has 7 fully saturated rings. The average Bonchev–Trinajstić information content (AvgIpc) is 1.86. The molecule has 17 aromatic carbocycles. The first-order valence-corrected chi connectivity index (χ1v) is 58.1. The van der Waals surface area contributed by atoms with E-state index in [1.165, 1.54) is 355 Å². The molecule has 1 heteroatoms. The van der Waals surface area contributed by atoms with Gasteiger partial charge in [0.05, 0.1) is 11.0 Å². The third kappa shape index (κ3) is 16.2. The molecule has 0 saturated heterocycles. The Bertz CT molecular complexity index is 7990. The first-order valence-electron chi connectivity index (χ1n) is 58.1. The summed E-state index contributed by atoms with van der Waals surface area (Å²) in [7, 11) is 0. The van der Waals surface area contributed by atoms with Crippen molar-refractivity contribution in [3.05, 3.63) is 492 Å². The second-order valence-corrected chi connectivity index (χ2v) is 47.7. The Morgan fingerprint density at radius 1 is 0.153 bits per heavy atom. The molecule has 14 aliphatic rings. The summed E-state index contributed by atoms with van der Waals surface area (Å²) in [6.45, 7) is 17.8. The van der Waals surface area contributed by atoms with Gasteiger partial charge in [-0.05, 0) is 342 Å². The maximum Gasteiger partial charge on any atom is 0.0543 e. The minimum atomic E-state index is 0.329. The lowest BCUT2D eigenvalue weighted by atomic mass is 9.67. The molecule has 0 bridgehead atoms. The van der Waals surface area contributed by atoms with Gasteiger partial charge in [0.2, 0.25) is 0 Å². The summed E-state index contributed by atoms with van der Waals surface area (Å²) in [5, 5.41) is 2.68. The molecule has 0 atom stereocenters. The molecule has 0 aliphatic heterocycles. The van der Waals surface area contributed by atoms with E-state index in [4.69, 9.17) is 0 Å². The topological polar surface area (TPSA) is 4.93 Å². The molecule has 32 rings (SSSR count). The maximum atomic E-state index is 2.45. The summed E-state index contributed by atoms with van der Waals surface area (Å²) >= 11 is 0. The number of nitrogens with zero attached hydrogens (tertiary/aromatic N) is 1. The molecule has 18 aromatic rings. The van der Waals surface area contributed by atoms with Gasteiger partial charge in [-0.15, -0.1) is 0 Å². The largest absolute Gasteiger partial charge is 0.309 e. The molecular weight excluding hydrogens is 1800 g/mol. The van der Waals surface area contributed by atoms with Gasteiger partial charge in [0.1, 0.15) is 0 Å². The first kappa shape index (κ1) is 97.3. The molecule has 1 aromatic heterocycles. The van der Waals surface area contributed by atoms with E-state index in [0.717, 1.165) is 0 Å². The van der Waals surface area contributed by atoms with Crippen molar-refractivity contribution < 1.29 is 0 Å². The number of para-hydroxylation sites is 2. The van der Waals surface area contributed by atoms with Crippen molar-refractivity contribution in [3.8, 4) is 83.6 Å². The molecule has 7 spiro atoms. The molecule has 7 saturated carbocycles. The van der Waals surface area contributed by atoms with Crippen LogP contribution in [-0.4, -0.2) is 4.57 Å². The standard InChI is InChI=1S/C19H15N.4C19H20.3C18H18/c1-14-8-7-13-18-19(14)16-11-5-6-12-17(16)20(18)15-9-3-2-4-10-15;1-14-8-7-10-16-15-9-3-4-11-17(15)19(18(14)16)12-5-2-6-13-19;2*1-14-9-10-18-16(13-14)15-7-3-4-8-17(15)19(18)11-5-2-6-12-19;1-14-9-10-16-15-7-3-4-8-17(15)19(18(16)13-14)11-5-2-6-12-19;1-13-7-6-9-15-14-8-2-3-10-16(14)18(17(13)15)11-4-5-12-18;1-13-8-9-17-15(12-13)14-6-2-3-7-16(14)18(17)10-4-5-11-18;1-13-8-9-15-14-6-2-3-7-16(14)18(17(15)12-13)10-4-5-11-18/h2-13H,1H3;3-4,7-11H,2,5-6,12-13H2,1H3;3*3-4,7-10,13H,2,5-6,11-12H2,1H3;2-3,6-10H,4-5,11-12H2,1H3;2*2-3,6-9,12H,4-5,10-11H2,1H3. The van der Waals surface area contributed by atoms with Crippen molar-refractivity contribution in [2.75, 3.05) is 0 Å². The van der Waals surface area contributed by atoms with Crippen molar-refractivity contribution in [1.82, 2.24) is 4.57 Å². The van der Waals surface area contributed by atoms with E-state index in [-0.39, 0.29) is 0 Å². The van der Waals surface area contributed by atoms with Gasteiger partial charge in [0, 0.05) is 54.4 Å². The van der Waals surface area contributed by atoms with Crippen molar-refractivity contribution in [1.29, 1.82) is 0 Å². The van der Waals surface area contributed by atoms with Crippen LogP contribution < -0.4 is 0 Å². The van der Waals surface area contributed by atoms with E-state index in [1.807, 2.05) is 0 Å². The van der Waals surface area contributed by atoms with E-state index in [2.05, 4.69) is 430 Å². The van der Waals surface area contributed by atoms with Crippen LogP contribution in [0.5, 0.6) is 0 Å². The smallest absolute Gasteiger partial charge is 0.0543 e. The van der Waals surface area contributed by atoms with Crippen LogP contribution in [0.2, 0.25) is 0 Å². The molecule has 150 heavy (non-hydrogen) atoms. The van der Waals surface area contributed by atoms with Crippen LogP contribution >= 0.6 is 0 Å². The van der Waals surface area contributed by atoms with E-state index in [0.29, 0.717) is 37.9 Å². The first-order chi connectivity index (χ1) is 73.6. The zero-order chi connectivity index (χ0) is 102. The molecule has 1 nitrogen and oxygen atoms in total. The molecule has 1 heterocycles. The Morgan fingerprint density at radius 3 is 0.727 bits per heavy atom. The lowest BCUT2D eigenvalue weighted by Crippen LogP contribution is -2.28. The minimum Gasteiger partial charge on any atom is -0.309 e. The van der Waals surface area contributed by atoms with Gasteiger partial charge in [0.15, 0.2) is 0 Å². The fourth-order valence-electron chi connectivity index (χ4n) is 32.8. The van der Waals surface area contributed by atoms with Crippen molar-refractivity contribution in [2.24, 2.45) is 0 Å². The Morgan fingerprint density at radius 2 is 0.380 bits per heavy atom. The minimum absolute atomic E-state index is 0.329. The molecule has 0 unspecified atom stereocenters. The Hall–Kier alpha value is -13.5. The third-order valence-corrected chi connectivity index (χ3v) is 39.2. The zero-order valence-corrected chi connectivity index (χ0v) is 90.3. The van der Waals surface area contributed by atoms with Gasteiger partial charge in [-0.2, -0.15) is 0 Å². The quantitative estimate of drug-likeness (QED) is 0.154. The van der Waals surface area contributed by atoms with E-state index < -0.39 is 0 Å². The molecule has 750 valence electrons. The molecule has 0 amide bonds. The fraction of sp³-hybridized carbons (Fsp3) is 0.315. The van der Waals surface area contributed by atoms with Crippen LogP contribution in [0.25, 0.3) is 105 Å². The highest BCUT2D eigenvalue weighted by Crippen LogP contribution is 2.65. The van der Waals surface area contributed by atoms with Gasteiger partial charge in [-0.25, -0.2) is 0 Å². The number of aryl methyl sites for hydroxylation is 8. The predicted molar refractivity (Wildman–Crippen MR) is 635 cm³/mol. The Balaban J connectivity index is 0.0000000887. The average molecular weight is 1950 g/mol. The summed E-state index contributed by atoms with van der Waals surface area (Å²) < 4.78 is 2.34. The summed E-state index contributed by atoms with van der Waals surface area (Å²) in [6.07, 6.45) is 43.6. The SMILES string of the molecule is Cc1ccc2c(c1)-c1ccccc1C21CCCC1.Cc1ccc2c(c1)-c1ccccc1C21CCCCC1.Cc1ccc2c(c1)-c1ccccc1C21CCCCC1.Cc1ccc2c(c1)C1(CCCC1)c1ccccc1-2.Cc1ccc2c(c1)C1(CCCCC1)c1ccccc1-2.Cc1cccc2c1C1(CCCC1)c1ccccc1-2.Cc1cccc2c1C1(CCCCC1)c1ccccc1-2.Cc1cccc2c1c1ccccc1n2-c1ccccc1. The van der Waals surface area contributed by atoms with Gasteiger partial charge in [-0.1, -0.05) is 489 Å². The van der Waals surface area contributed by atoms with Crippen LogP contribution in [0.1, 0.15) is 328 Å². The van der Waals surface area contributed by atoms with E-state index in [1.54, 1.807) is 77.9 Å². The van der Waals surface area contributed by atoms with Crippen molar-refractivity contribution in [2.45, 2.75) is 299 Å². The lowest BCUT2D eigenvalue weighted by molar-refractivity contribution is 0.351. The number of fused-ring (bicyclic) bond motifs is 38. The molecule has 0 radical (unpaired) electrons. The number of rotatable bonds is 1. The second kappa shape index (κ2) is 40.0. The van der Waals surface area contributed by atoms with Crippen LogP contribution in [0, 0.1) is 55.4 Å². The summed E-state index contributed by atoms with van der Waals surface area (Å²) in [5.74, 6) is 0. The van der Waals surface area contributed by atoms with Gasteiger partial charge >= 0.3 is 0 Å². The highest BCUT2D eigenvalue weighted by molar-refractivity contribution is 6.11. The molecule has 14 aliphatic carbocycles. The van der Waals surface area contributed by atoms with Gasteiger partial charge in [-0.3, -0.25) is 0 Å². The van der Waals surface area contributed by atoms with Crippen LogP contribution in [0.3, 0.4) is 0 Å². The van der Waals surface area contributed by atoms with Crippen LogP contribution in [0.4, 0.5) is 0 Å². The molecular formula is C149H149N. The number of hydrogen-bond donors (Lipinski definition) is 0. The van der Waals surface area contributed by atoms with Gasteiger partial charge < -0.3 is 4.57 Å². The van der Waals surface area contributed by atoms with Gasteiger partial charge in [0.25, 0.3) is 0 Å². The summed E-state index contributed by atoms with van der Waals surface area (Å²) in [6, 6.07) is 138. The summed E-state index contributed by atoms with van der Waals surface area (Å²) in [4.78, 5) is 0. The second-order valence-electron chi connectivity index (χ2n) is 47.7. The van der Waals surface area contributed by atoms with E-state index in [9.17, 15) is 0 Å². The van der Waals surface area contributed by atoms with Crippen molar-refractivity contribution >= 4 is 21.8 Å². The fourth-order valence-corrected chi connectivity index (χ4v) is 32.8.